The second-order valence-electron chi connectivity index (χ2n) is 13.9. The Labute approximate surface area is 278 Å². The minimum absolute atomic E-state index is 0.0462. The largest absolute Gasteiger partial charge is 0.508 e. The van der Waals surface area contributed by atoms with Crippen LogP contribution in [0.3, 0.4) is 0 Å². The SMILES string of the molecule is N#Cc1ccc(C2CCC3(COc4nc(N5C[C@H]6CC[C@@H](C5)N6)c5cnc(-c6cc(O)cc7ccccc67)c(F)c5n4)CCCN23)cc1. The summed E-state index contributed by atoms with van der Waals surface area (Å²) in [5, 5.41) is 25.6. The number of hydrogen-bond acceptors (Lipinski definition) is 9. The average molecular weight is 642 g/mol. The minimum atomic E-state index is -0.558. The molecule has 3 aromatic carbocycles. The smallest absolute Gasteiger partial charge is 0.319 e. The zero-order valence-electron chi connectivity index (χ0n) is 26.6. The van der Waals surface area contributed by atoms with Crippen molar-refractivity contribution in [2.75, 3.05) is 31.1 Å². The van der Waals surface area contributed by atoms with E-state index < -0.39 is 5.82 Å². The maximum atomic E-state index is 16.8. The van der Waals surface area contributed by atoms with Gasteiger partial charge in [-0.05, 0) is 85.7 Å². The van der Waals surface area contributed by atoms with Gasteiger partial charge in [0.1, 0.15) is 29.4 Å². The van der Waals surface area contributed by atoms with Gasteiger partial charge in [0.05, 0.1) is 22.6 Å². The number of nitrogens with one attached hydrogen (secondary N) is 1. The molecule has 4 aliphatic heterocycles. The molecule has 9 rings (SSSR count). The molecule has 48 heavy (non-hydrogen) atoms. The van der Waals surface area contributed by atoms with Crippen molar-refractivity contribution in [3.8, 4) is 29.1 Å². The number of pyridine rings is 1. The third kappa shape index (κ3) is 4.83. The molecule has 0 amide bonds. The van der Waals surface area contributed by atoms with Crippen LogP contribution in [-0.2, 0) is 0 Å². The Balaban J connectivity index is 1.10. The lowest BCUT2D eigenvalue weighted by Gasteiger charge is -2.35. The Hall–Kier alpha value is -4.85. The molecule has 0 radical (unpaired) electrons. The molecule has 2 N–H and O–H groups in total. The van der Waals surface area contributed by atoms with Gasteiger partial charge in [-0.3, -0.25) is 9.88 Å². The first-order chi connectivity index (χ1) is 23.5. The first-order valence-electron chi connectivity index (χ1n) is 17.0. The summed E-state index contributed by atoms with van der Waals surface area (Å²) in [6, 6.07) is 22.1. The summed E-state index contributed by atoms with van der Waals surface area (Å²) in [5.41, 5.74) is 2.53. The second kappa shape index (κ2) is 11.4. The Morgan fingerprint density at radius 3 is 2.62 bits per heavy atom. The van der Waals surface area contributed by atoms with E-state index in [0.717, 1.165) is 68.9 Å². The van der Waals surface area contributed by atoms with Crippen LogP contribution in [0, 0.1) is 17.1 Å². The van der Waals surface area contributed by atoms with Crippen molar-refractivity contribution in [2.45, 2.75) is 62.2 Å². The van der Waals surface area contributed by atoms with Gasteiger partial charge in [0.2, 0.25) is 0 Å². The van der Waals surface area contributed by atoms with Crippen molar-refractivity contribution in [1.29, 1.82) is 5.26 Å². The van der Waals surface area contributed by atoms with Gasteiger partial charge in [-0.1, -0.05) is 36.4 Å². The molecular weight excluding hydrogens is 605 g/mol. The van der Waals surface area contributed by atoms with Crippen LogP contribution in [0.25, 0.3) is 32.9 Å². The predicted molar refractivity (Wildman–Crippen MR) is 181 cm³/mol. The van der Waals surface area contributed by atoms with Gasteiger partial charge in [0.15, 0.2) is 5.82 Å². The van der Waals surface area contributed by atoms with E-state index in [1.54, 1.807) is 18.3 Å². The molecule has 2 aromatic heterocycles. The van der Waals surface area contributed by atoms with Gasteiger partial charge < -0.3 is 20.1 Å². The van der Waals surface area contributed by atoms with E-state index in [2.05, 4.69) is 38.3 Å². The fourth-order valence-corrected chi connectivity index (χ4v) is 8.80. The van der Waals surface area contributed by atoms with E-state index in [4.69, 9.17) is 14.7 Å². The zero-order chi connectivity index (χ0) is 32.4. The van der Waals surface area contributed by atoms with Crippen LogP contribution in [0.1, 0.15) is 55.7 Å². The van der Waals surface area contributed by atoms with E-state index in [1.165, 1.54) is 5.56 Å². The Kier molecular flexibility index (Phi) is 6.95. The first kappa shape index (κ1) is 29.3. The number of piperazine rings is 1. The summed E-state index contributed by atoms with van der Waals surface area (Å²) in [6.45, 7) is 2.93. The molecule has 0 saturated carbocycles. The molecule has 4 fully saturated rings. The highest BCUT2D eigenvalue weighted by Gasteiger charge is 2.50. The summed E-state index contributed by atoms with van der Waals surface area (Å²) in [7, 11) is 0. The number of benzene rings is 3. The predicted octanol–water partition coefficient (Wildman–Crippen LogP) is 6.25. The number of halogens is 1. The summed E-state index contributed by atoms with van der Waals surface area (Å²) in [6.07, 6.45) is 7.95. The molecule has 0 spiro atoms. The number of phenolic OH excluding ortho intramolecular Hbond substituents is 1. The normalized spacial score (nSPS) is 25.1. The van der Waals surface area contributed by atoms with E-state index in [-0.39, 0.29) is 34.6 Å². The second-order valence-corrected chi connectivity index (χ2v) is 13.9. The molecule has 9 nitrogen and oxygen atoms in total. The number of anilines is 1. The van der Waals surface area contributed by atoms with Crippen LogP contribution >= 0.6 is 0 Å². The van der Waals surface area contributed by atoms with Crippen LogP contribution in [0.5, 0.6) is 11.8 Å². The Morgan fingerprint density at radius 1 is 1.00 bits per heavy atom. The highest BCUT2D eigenvalue weighted by Crippen LogP contribution is 2.49. The number of aromatic nitrogens is 3. The van der Waals surface area contributed by atoms with Crippen molar-refractivity contribution >= 4 is 27.5 Å². The highest BCUT2D eigenvalue weighted by atomic mass is 19.1. The molecule has 4 aliphatic rings. The molecule has 242 valence electrons. The van der Waals surface area contributed by atoms with Crippen LogP contribution in [0.4, 0.5) is 10.2 Å². The van der Waals surface area contributed by atoms with E-state index in [0.29, 0.717) is 41.0 Å². The van der Waals surface area contributed by atoms with Gasteiger partial charge in [-0.25, -0.2) is 4.39 Å². The number of aromatic hydroxyl groups is 1. The fraction of sp³-hybridized carbons (Fsp3) is 0.368. The van der Waals surface area contributed by atoms with Crippen molar-refractivity contribution < 1.29 is 14.2 Å². The minimum Gasteiger partial charge on any atom is -0.508 e. The van der Waals surface area contributed by atoms with Crippen molar-refractivity contribution in [3.63, 3.8) is 0 Å². The molecule has 4 saturated heterocycles. The topological polar surface area (TPSA) is 110 Å². The maximum absolute atomic E-state index is 16.8. The zero-order valence-corrected chi connectivity index (χ0v) is 26.6. The number of fused-ring (bicyclic) bond motifs is 5. The van der Waals surface area contributed by atoms with Crippen molar-refractivity contribution in [1.82, 2.24) is 25.2 Å². The summed E-state index contributed by atoms with van der Waals surface area (Å²) >= 11 is 0. The average Bonchev–Trinajstić information content (AvgIpc) is 3.79. The highest BCUT2D eigenvalue weighted by molar-refractivity contribution is 5.99. The maximum Gasteiger partial charge on any atom is 0.319 e. The van der Waals surface area contributed by atoms with Crippen LogP contribution in [-0.4, -0.2) is 68.8 Å². The molecular formula is C38H36FN7O2. The summed E-state index contributed by atoms with van der Waals surface area (Å²) in [4.78, 5) is 19.1. The summed E-state index contributed by atoms with van der Waals surface area (Å²) < 4.78 is 23.3. The number of nitriles is 1. The molecule has 5 aromatic rings. The summed E-state index contributed by atoms with van der Waals surface area (Å²) in [5.74, 6) is 0.136. The van der Waals surface area contributed by atoms with Crippen molar-refractivity contribution in [2.24, 2.45) is 0 Å². The lowest BCUT2D eigenvalue weighted by molar-refractivity contribution is 0.0845. The number of rotatable bonds is 6. The van der Waals surface area contributed by atoms with Gasteiger partial charge in [0, 0.05) is 43.0 Å². The third-order valence-corrected chi connectivity index (χ3v) is 11.1. The van der Waals surface area contributed by atoms with Gasteiger partial charge in [-0.15, -0.1) is 0 Å². The monoisotopic (exact) mass is 641 g/mol. The quantitative estimate of drug-likeness (QED) is 0.222. The molecule has 6 heterocycles. The van der Waals surface area contributed by atoms with Gasteiger partial charge >= 0.3 is 6.01 Å². The van der Waals surface area contributed by atoms with Crippen molar-refractivity contribution in [3.05, 3.63) is 83.8 Å². The van der Waals surface area contributed by atoms with Crippen LogP contribution < -0.4 is 15.0 Å². The van der Waals surface area contributed by atoms with Crippen LogP contribution in [0.2, 0.25) is 0 Å². The fourth-order valence-electron chi connectivity index (χ4n) is 8.80. The molecule has 2 bridgehead atoms. The number of phenols is 1. The Morgan fingerprint density at radius 2 is 1.81 bits per heavy atom. The standard InChI is InChI=1S/C38H36FN7O2/c39-33-34(30-17-28(47)16-25-4-1-2-5-29(25)30)41-19-31-35(33)43-37(44-36(31)45-20-26-10-11-27(21-45)42-26)48-22-38-13-3-15-46(38)32(12-14-38)24-8-6-23(18-40)7-9-24/h1-2,4-9,16-17,19,26-27,32,42,47H,3,10-15,20-22H2/t26-,27+,32?,38?. The van der Waals surface area contributed by atoms with Crippen LogP contribution in [0.15, 0.2) is 66.9 Å². The van der Waals surface area contributed by atoms with E-state index in [9.17, 15) is 10.4 Å². The van der Waals surface area contributed by atoms with E-state index in [1.807, 2.05) is 36.4 Å². The number of hydrogen-bond donors (Lipinski definition) is 2. The Bertz CT molecular complexity index is 2090. The molecule has 2 unspecified atom stereocenters. The van der Waals surface area contributed by atoms with Gasteiger partial charge in [0.25, 0.3) is 0 Å². The first-order valence-corrected chi connectivity index (χ1v) is 17.0. The van der Waals surface area contributed by atoms with Gasteiger partial charge in [-0.2, -0.15) is 15.2 Å². The number of ether oxygens (including phenoxy) is 1. The third-order valence-electron chi connectivity index (χ3n) is 11.1. The lowest BCUT2D eigenvalue weighted by atomic mass is 9.95. The molecule has 4 atom stereocenters. The molecule has 10 heteroatoms. The van der Waals surface area contributed by atoms with E-state index >= 15 is 4.39 Å². The number of nitrogens with zero attached hydrogens (tertiary/aromatic N) is 6. The molecule has 0 aliphatic carbocycles. The lowest BCUT2D eigenvalue weighted by Crippen LogP contribution is -2.51.